The van der Waals surface area contributed by atoms with Gasteiger partial charge in [-0.05, 0) is 19.8 Å². The Bertz CT molecular complexity index is 266. The molecule has 1 aromatic rings. The molecule has 0 saturated heterocycles. The molecule has 1 rings (SSSR count). The number of aryl methyl sites for hydroxylation is 1. The third-order valence-electron chi connectivity index (χ3n) is 2.17. The maximum Gasteiger partial charge on any atom is 0.233 e. The molecule has 0 saturated carbocycles. The highest BCUT2D eigenvalue weighted by Gasteiger charge is 2.09. The van der Waals surface area contributed by atoms with E-state index in [4.69, 9.17) is 0 Å². The Morgan fingerprint density at radius 2 is 2.17 bits per heavy atom. The number of hydrogen-bond donors (Lipinski definition) is 1. The number of unbranched alkanes of at least 4 members (excludes halogenated alkanes) is 1. The first kappa shape index (κ1) is 9.10. The molecule has 0 atom stereocenters. The molecule has 1 N–H and O–H groups in total. The van der Waals surface area contributed by atoms with Gasteiger partial charge >= 0.3 is 0 Å². The summed E-state index contributed by atoms with van der Waals surface area (Å²) in [5, 5.41) is 13.2. The van der Waals surface area contributed by atoms with Gasteiger partial charge in [-0.2, -0.15) is 0 Å². The lowest BCUT2D eigenvalue weighted by Gasteiger charge is -2.00. The van der Waals surface area contributed by atoms with E-state index in [1.807, 2.05) is 14.0 Å². The summed E-state index contributed by atoms with van der Waals surface area (Å²) in [7, 11) is 1.87. The first-order valence-electron chi connectivity index (χ1n) is 4.38. The first-order chi connectivity index (χ1) is 5.66. The lowest BCUT2D eigenvalue weighted by molar-refractivity contribution is 0.441. The minimum absolute atomic E-state index is 0.170. The molecule has 0 aromatic carbocycles. The van der Waals surface area contributed by atoms with Crippen molar-refractivity contribution in [1.82, 2.24) is 9.78 Å². The summed E-state index contributed by atoms with van der Waals surface area (Å²) in [6, 6.07) is 0. The summed E-state index contributed by atoms with van der Waals surface area (Å²) in [6.07, 6.45) is 3.33. The summed E-state index contributed by atoms with van der Waals surface area (Å²) in [5.74, 6) is 0.170. The van der Waals surface area contributed by atoms with Crippen molar-refractivity contribution in [2.45, 2.75) is 33.1 Å². The van der Waals surface area contributed by atoms with Crippen LogP contribution in [0, 0.1) is 6.92 Å². The van der Waals surface area contributed by atoms with Gasteiger partial charge in [-0.1, -0.05) is 13.3 Å². The summed E-state index contributed by atoms with van der Waals surface area (Å²) in [6.45, 7) is 4.07. The Kier molecular flexibility index (Phi) is 2.74. The molecular weight excluding hydrogens is 152 g/mol. The summed E-state index contributed by atoms with van der Waals surface area (Å²) in [4.78, 5) is 0. The van der Waals surface area contributed by atoms with Gasteiger partial charge in [0.1, 0.15) is 0 Å². The number of aromatic nitrogens is 2. The predicted molar refractivity (Wildman–Crippen MR) is 48.2 cm³/mol. The maximum atomic E-state index is 9.29. The average Bonchev–Trinajstić information content (AvgIpc) is 2.25. The molecule has 3 heteroatoms. The van der Waals surface area contributed by atoms with Crippen LogP contribution >= 0.6 is 0 Å². The molecule has 1 heterocycles. The van der Waals surface area contributed by atoms with E-state index in [2.05, 4.69) is 12.0 Å². The summed E-state index contributed by atoms with van der Waals surface area (Å²) >= 11 is 0. The van der Waals surface area contributed by atoms with E-state index >= 15 is 0 Å². The van der Waals surface area contributed by atoms with Gasteiger partial charge in [-0.3, -0.25) is 4.68 Å². The molecule has 12 heavy (non-hydrogen) atoms. The van der Waals surface area contributed by atoms with E-state index in [1.165, 1.54) is 6.42 Å². The van der Waals surface area contributed by atoms with Crippen LogP contribution in [-0.2, 0) is 13.5 Å². The minimum Gasteiger partial charge on any atom is -0.492 e. The van der Waals surface area contributed by atoms with Crippen molar-refractivity contribution in [3.63, 3.8) is 0 Å². The third-order valence-corrected chi connectivity index (χ3v) is 2.17. The number of rotatable bonds is 3. The topological polar surface area (TPSA) is 38.1 Å². The Balaban J connectivity index is 2.82. The van der Waals surface area contributed by atoms with E-state index in [9.17, 15) is 5.11 Å². The van der Waals surface area contributed by atoms with Crippen molar-refractivity contribution in [2.75, 3.05) is 0 Å². The van der Waals surface area contributed by atoms with Crippen LogP contribution in [0.15, 0.2) is 0 Å². The van der Waals surface area contributed by atoms with E-state index in [-0.39, 0.29) is 5.88 Å². The largest absolute Gasteiger partial charge is 0.492 e. The van der Waals surface area contributed by atoms with Crippen molar-refractivity contribution >= 4 is 0 Å². The van der Waals surface area contributed by atoms with Gasteiger partial charge in [-0.25, -0.2) is 0 Å². The fourth-order valence-electron chi connectivity index (χ4n) is 1.34. The van der Waals surface area contributed by atoms with Crippen LogP contribution in [-0.4, -0.2) is 14.9 Å². The second-order valence-corrected chi connectivity index (χ2v) is 3.12. The lowest BCUT2D eigenvalue weighted by Crippen LogP contribution is -1.98. The van der Waals surface area contributed by atoms with E-state index in [1.54, 1.807) is 4.68 Å². The molecule has 3 nitrogen and oxygen atoms in total. The molecule has 0 unspecified atom stereocenters. The molecule has 0 bridgehead atoms. The van der Waals surface area contributed by atoms with Crippen molar-refractivity contribution < 1.29 is 5.11 Å². The van der Waals surface area contributed by atoms with E-state index in [0.717, 1.165) is 24.1 Å². The highest BCUT2D eigenvalue weighted by Crippen LogP contribution is 2.19. The highest BCUT2D eigenvalue weighted by atomic mass is 16.3. The van der Waals surface area contributed by atoms with Crippen LogP contribution in [0.3, 0.4) is 0 Å². The monoisotopic (exact) mass is 168 g/mol. The lowest BCUT2D eigenvalue weighted by atomic mass is 10.1. The van der Waals surface area contributed by atoms with Crippen LogP contribution in [0.1, 0.15) is 31.0 Å². The Morgan fingerprint density at radius 3 is 2.58 bits per heavy atom. The molecule has 0 aliphatic rings. The minimum atomic E-state index is 0.170. The van der Waals surface area contributed by atoms with Crippen LogP contribution in [0.25, 0.3) is 0 Å². The van der Waals surface area contributed by atoms with Crippen molar-refractivity contribution in [3.8, 4) is 5.88 Å². The average molecular weight is 168 g/mol. The zero-order valence-corrected chi connectivity index (χ0v) is 7.96. The Hall–Kier alpha value is -0.990. The standard InChI is InChI=1S/C9H16N2O/c1-4-5-6-8-7(2)9(12)10-11(8)3/h4-6H2,1-3H3,(H,10,12). The van der Waals surface area contributed by atoms with Gasteiger partial charge in [0.25, 0.3) is 0 Å². The van der Waals surface area contributed by atoms with Crippen LogP contribution in [0.5, 0.6) is 5.88 Å². The summed E-state index contributed by atoms with van der Waals surface area (Å²) in [5.41, 5.74) is 2.07. The number of hydrogen-bond acceptors (Lipinski definition) is 2. The maximum absolute atomic E-state index is 9.29. The van der Waals surface area contributed by atoms with E-state index in [0.29, 0.717) is 0 Å². The van der Waals surface area contributed by atoms with E-state index < -0.39 is 0 Å². The molecule has 0 amide bonds. The smallest absolute Gasteiger partial charge is 0.233 e. The van der Waals surface area contributed by atoms with Gasteiger partial charge in [-0.15, -0.1) is 5.10 Å². The summed E-state index contributed by atoms with van der Waals surface area (Å²) < 4.78 is 1.76. The third kappa shape index (κ3) is 1.60. The SMILES string of the molecule is CCCCc1c(C)c(O)nn1C. The molecular formula is C9H16N2O. The Labute approximate surface area is 73.0 Å². The molecule has 68 valence electrons. The van der Waals surface area contributed by atoms with Crippen molar-refractivity contribution in [3.05, 3.63) is 11.3 Å². The number of aromatic hydroxyl groups is 1. The Morgan fingerprint density at radius 1 is 1.50 bits per heavy atom. The quantitative estimate of drug-likeness (QED) is 0.747. The molecule has 0 aliphatic carbocycles. The second kappa shape index (κ2) is 3.61. The van der Waals surface area contributed by atoms with Crippen LogP contribution in [0.4, 0.5) is 0 Å². The van der Waals surface area contributed by atoms with Gasteiger partial charge in [0.2, 0.25) is 5.88 Å². The van der Waals surface area contributed by atoms with Crippen molar-refractivity contribution in [2.24, 2.45) is 7.05 Å². The molecule has 0 fully saturated rings. The highest BCUT2D eigenvalue weighted by molar-refractivity contribution is 5.28. The van der Waals surface area contributed by atoms with Gasteiger partial charge in [0.05, 0.1) is 0 Å². The van der Waals surface area contributed by atoms with Gasteiger partial charge < -0.3 is 5.11 Å². The van der Waals surface area contributed by atoms with Crippen LogP contribution < -0.4 is 0 Å². The zero-order valence-electron chi connectivity index (χ0n) is 7.96. The predicted octanol–water partition coefficient (Wildman–Crippen LogP) is 1.78. The van der Waals surface area contributed by atoms with Crippen molar-refractivity contribution in [1.29, 1.82) is 0 Å². The number of nitrogens with zero attached hydrogens (tertiary/aromatic N) is 2. The normalized spacial score (nSPS) is 10.6. The first-order valence-corrected chi connectivity index (χ1v) is 4.38. The fourth-order valence-corrected chi connectivity index (χ4v) is 1.34. The fraction of sp³-hybridized carbons (Fsp3) is 0.667. The second-order valence-electron chi connectivity index (χ2n) is 3.12. The zero-order chi connectivity index (χ0) is 9.14. The molecule has 1 aromatic heterocycles. The van der Waals surface area contributed by atoms with Crippen LogP contribution in [0.2, 0.25) is 0 Å². The van der Waals surface area contributed by atoms with Gasteiger partial charge in [0.15, 0.2) is 0 Å². The molecule has 0 spiro atoms. The molecule has 0 aliphatic heterocycles. The van der Waals surface area contributed by atoms with Gasteiger partial charge in [0, 0.05) is 18.3 Å². The molecule has 0 radical (unpaired) electrons.